The molecule has 88 valence electrons. The van der Waals surface area contributed by atoms with Crippen LogP contribution < -0.4 is 0 Å². The molecule has 0 atom stereocenters. The van der Waals surface area contributed by atoms with Crippen molar-refractivity contribution in [3.63, 3.8) is 0 Å². The number of halogens is 1. The quantitative estimate of drug-likeness (QED) is 0.905. The van der Waals surface area contributed by atoms with Gasteiger partial charge in [-0.2, -0.15) is 0 Å². The van der Waals surface area contributed by atoms with Gasteiger partial charge in [-0.1, -0.05) is 0 Å². The zero-order chi connectivity index (χ0) is 12.1. The van der Waals surface area contributed by atoms with Crippen molar-refractivity contribution in [1.29, 1.82) is 0 Å². The number of likely N-dealkylation sites (N-methyl/N-ethyl adjacent to an activating group) is 1. The molecule has 1 N–H and O–H groups in total. The van der Waals surface area contributed by atoms with Gasteiger partial charge < -0.3 is 10.0 Å². The summed E-state index contributed by atoms with van der Waals surface area (Å²) >= 11 is 4.80. The average molecular weight is 306 g/mol. The Kier molecular flexibility index (Phi) is 4.95. The average Bonchev–Trinajstić information content (AvgIpc) is 2.60. The van der Waals surface area contributed by atoms with Crippen molar-refractivity contribution < 1.29 is 14.7 Å². The molecule has 1 heterocycles. The molecule has 16 heavy (non-hydrogen) atoms. The fourth-order valence-electron chi connectivity index (χ4n) is 1.25. The number of hydrogen-bond acceptors (Lipinski definition) is 3. The highest BCUT2D eigenvalue weighted by molar-refractivity contribution is 9.11. The summed E-state index contributed by atoms with van der Waals surface area (Å²) in [6, 6.07) is 3.74. The minimum atomic E-state index is -0.984. The van der Waals surface area contributed by atoms with Crippen LogP contribution in [0, 0.1) is 0 Å². The molecule has 1 rings (SSSR count). The zero-order valence-electron chi connectivity index (χ0n) is 8.77. The fraction of sp³-hybridized carbons (Fsp3) is 0.400. The minimum Gasteiger partial charge on any atom is -0.480 e. The van der Waals surface area contributed by atoms with Gasteiger partial charge in [0.2, 0.25) is 5.91 Å². The molecule has 4 nitrogen and oxygen atoms in total. The van der Waals surface area contributed by atoms with E-state index in [1.807, 2.05) is 12.1 Å². The van der Waals surface area contributed by atoms with Gasteiger partial charge in [0.25, 0.3) is 0 Å². The standard InChI is InChI=1S/C10H12BrNO3S/c1-2-12(6-10(14)15)9(13)5-7-3-4-8(11)16-7/h3-4H,2,5-6H2,1H3,(H,14,15). The van der Waals surface area contributed by atoms with E-state index in [2.05, 4.69) is 15.9 Å². The van der Waals surface area contributed by atoms with Gasteiger partial charge in [-0.05, 0) is 35.0 Å². The summed E-state index contributed by atoms with van der Waals surface area (Å²) in [5, 5.41) is 8.64. The molecule has 6 heteroatoms. The molecule has 0 fully saturated rings. The Morgan fingerprint density at radius 3 is 2.62 bits per heavy atom. The first-order valence-corrected chi connectivity index (χ1v) is 6.37. The first kappa shape index (κ1) is 13.2. The molecule has 1 amide bonds. The number of carboxylic acid groups (broad SMARTS) is 1. The number of carbonyl (C=O) groups is 2. The number of aliphatic carboxylic acids is 1. The Balaban J connectivity index is 2.59. The largest absolute Gasteiger partial charge is 0.480 e. The van der Waals surface area contributed by atoms with E-state index in [4.69, 9.17) is 5.11 Å². The van der Waals surface area contributed by atoms with Crippen LogP contribution in [0.15, 0.2) is 15.9 Å². The molecule has 0 saturated heterocycles. The number of nitrogens with zero attached hydrogens (tertiary/aromatic N) is 1. The van der Waals surface area contributed by atoms with E-state index in [0.29, 0.717) is 6.54 Å². The third kappa shape index (κ3) is 3.94. The lowest BCUT2D eigenvalue weighted by Gasteiger charge is -2.17. The van der Waals surface area contributed by atoms with Crippen LogP contribution in [-0.4, -0.2) is 35.0 Å². The van der Waals surface area contributed by atoms with Crippen molar-refractivity contribution in [2.75, 3.05) is 13.1 Å². The van der Waals surface area contributed by atoms with Gasteiger partial charge in [-0.15, -0.1) is 11.3 Å². The first-order chi connectivity index (χ1) is 7.52. The van der Waals surface area contributed by atoms with Crippen LogP contribution in [0.2, 0.25) is 0 Å². The van der Waals surface area contributed by atoms with Gasteiger partial charge in [-0.3, -0.25) is 9.59 Å². The summed E-state index contributed by atoms with van der Waals surface area (Å²) in [7, 11) is 0. The molecule has 0 radical (unpaired) electrons. The number of rotatable bonds is 5. The Bertz CT molecular complexity index is 391. The highest BCUT2D eigenvalue weighted by Gasteiger charge is 2.15. The predicted molar refractivity (Wildman–Crippen MR) is 65.6 cm³/mol. The van der Waals surface area contributed by atoms with Crippen LogP contribution in [0.5, 0.6) is 0 Å². The highest BCUT2D eigenvalue weighted by atomic mass is 79.9. The van der Waals surface area contributed by atoms with Gasteiger partial charge in [0.1, 0.15) is 6.54 Å². The summed E-state index contributed by atoms with van der Waals surface area (Å²) in [5.74, 6) is -1.14. The summed E-state index contributed by atoms with van der Waals surface area (Å²) in [4.78, 5) is 24.5. The maximum Gasteiger partial charge on any atom is 0.323 e. The lowest BCUT2D eigenvalue weighted by atomic mass is 10.3. The van der Waals surface area contributed by atoms with Crippen LogP contribution >= 0.6 is 27.3 Å². The third-order valence-corrected chi connectivity index (χ3v) is 3.64. The minimum absolute atomic E-state index is 0.153. The molecule has 0 saturated carbocycles. The lowest BCUT2D eigenvalue weighted by molar-refractivity contribution is -0.144. The monoisotopic (exact) mass is 305 g/mol. The van der Waals surface area contributed by atoms with Gasteiger partial charge in [-0.25, -0.2) is 0 Å². The Labute approximate surface area is 106 Å². The molecule has 0 spiro atoms. The summed E-state index contributed by atoms with van der Waals surface area (Å²) in [6.45, 7) is 1.95. The molecule has 0 aromatic carbocycles. The van der Waals surface area contributed by atoms with Crippen LogP contribution in [0.1, 0.15) is 11.8 Å². The van der Waals surface area contributed by atoms with Crippen molar-refractivity contribution in [2.45, 2.75) is 13.3 Å². The first-order valence-electron chi connectivity index (χ1n) is 4.76. The smallest absolute Gasteiger partial charge is 0.323 e. The van der Waals surface area contributed by atoms with E-state index >= 15 is 0 Å². The van der Waals surface area contributed by atoms with E-state index in [-0.39, 0.29) is 18.9 Å². The number of hydrogen-bond donors (Lipinski definition) is 1. The molecular formula is C10H12BrNO3S. The zero-order valence-corrected chi connectivity index (χ0v) is 11.2. The Morgan fingerprint density at radius 2 is 2.19 bits per heavy atom. The molecular weight excluding hydrogens is 294 g/mol. The van der Waals surface area contributed by atoms with E-state index < -0.39 is 5.97 Å². The topological polar surface area (TPSA) is 57.6 Å². The maximum absolute atomic E-state index is 11.7. The van der Waals surface area contributed by atoms with Gasteiger partial charge in [0, 0.05) is 11.4 Å². The van der Waals surface area contributed by atoms with Crippen LogP contribution in [-0.2, 0) is 16.0 Å². The van der Waals surface area contributed by atoms with Crippen LogP contribution in [0.25, 0.3) is 0 Å². The van der Waals surface area contributed by atoms with E-state index in [9.17, 15) is 9.59 Å². The second-order valence-electron chi connectivity index (χ2n) is 3.18. The molecule has 0 aliphatic rings. The summed E-state index contributed by atoms with van der Waals surface area (Å²) in [6.07, 6.45) is 0.261. The van der Waals surface area contributed by atoms with Gasteiger partial charge in [0.15, 0.2) is 0 Å². The van der Waals surface area contributed by atoms with Crippen molar-refractivity contribution >= 4 is 39.1 Å². The van der Waals surface area contributed by atoms with E-state index in [1.165, 1.54) is 16.2 Å². The normalized spacial score (nSPS) is 10.1. The predicted octanol–water partition coefficient (Wildman–Crippen LogP) is 1.99. The van der Waals surface area contributed by atoms with E-state index in [1.54, 1.807) is 6.92 Å². The molecule has 1 aromatic rings. The lowest BCUT2D eigenvalue weighted by Crippen LogP contribution is -2.36. The number of carbonyl (C=O) groups excluding carboxylic acids is 1. The van der Waals surface area contributed by atoms with Gasteiger partial charge in [0.05, 0.1) is 10.2 Å². The van der Waals surface area contributed by atoms with Crippen molar-refractivity contribution in [3.05, 3.63) is 20.8 Å². The van der Waals surface area contributed by atoms with Crippen molar-refractivity contribution in [1.82, 2.24) is 4.90 Å². The Morgan fingerprint density at radius 1 is 1.50 bits per heavy atom. The summed E-state index contributed by atoms with van der Waals surface area (Å²) in [5.41, 5.74) is 0. The van der Waals surface area contributed by atoms with Crippen LogP contribution in [0.3, 0.4) is 0 Å². The van der Waals surface area contributed by atoms with Crippen LogP contribution in [0.4, 0.5) is 0 Å². The molecule has 0 unspecified atom stereocenters. The molecule has 1 aromatic heterocycles. The highest BCUT2D eigenvalue weighted by Crippen LogP contribution is 2.22. The Hall–Kier alpha value is -0.880. The van der Waals surface area contributed by atoms with Gasteiger partial charge >= 0.3 is 5.97 Å². The number of amides is 1. The molecule has 0 aliphatic carbocycles. The number of thiophene rings is 1. The third-order valence-electron chi connectivity index (χ3n) is 2.01. The number of carboxylic acids is 1. The second kappa shape index (κ2) is 6.00. The fourth-order valence-corrected chi connectivity index (χ4v) is 2.72. The van der Waals surface area contributed by atoms with Crippen molar-refractivity contribution in [3.8, 4) is 0 Å². The molecule has 0 bridgehead atoms. The SMILES string of the molecule is CCN(CC(=O)O)C(=O)Cc1ccc(Br)s1. The molecule has 0 aliphatic heterocycles. The maximum atomic E-state index is 11.7. The second-order valence-corrected chi connectivity index (χ2v) is 5.73. The van der Waals surface area contributed by atoms with E-state index in [0.717, 1.165) is 8.66 Å². The van der Waals surface area contributed by atoms with Crippen molar-refractivity contribution in [2.24, 2.45) is 0 Å². The summed E-state index contributed by atoms with van der Waals surface area (Å²) < 4.78 is 0.969.